The van der Waals surface area contributed by atoms with Crippen LogP contribution >= 0.6 is 0 Å². The normalized spacial score (nSPS) is 20.7. The first-order valence-electron chi connectivity index (χ1n) is 9.69. The molecular weight excluding hydrogens is 370 g/mol. The number of benzene rings is 2. The molecule has 7 nitrogen and oxygen atoms in total. The minimum absolute atomic E-state index is 0.137. The van der Waals surface area contributed by atoms with Crippen molar-refractivity contribution in [2.24, 2.45) is 5.92 Å². The Morgan fingerprint density at radius 3 is 2.48 bits per heavy atom. The number of urea groups is 1. The van der Waals surface area contributed by atoms with Gasteiger partial charge in [0.15, 0.2) is 0 Å². The fraction of sp³-hybridized carbons (Fsp3) is 0.318. The first-order chi connectivity index (χ1) is 14.0. The second-order valence-corrected chi connectivity index (χ2v) is 7.43. The summed E-state index contributed by atoms with van der Waals surface area (Å²) in [5, 5.41) is 8.01. The van der Waals surface area contributed by atoms with Gasteiger partial charge in [0.05, 0.1) is 7.11 Å². The third kappa shape index (κ3) is 3.68. The molecule has 1 atom stereocenters. The van der Waals surface area contributed by atoms with Crippen molar-refractivity contribution in [3.63, 3.8) is 0 Å². The zero-order valence-electron chi connectivity index (χ0n) is 16.2. The number of nitrogens with one attached hydrogen (secondary N) is 3. The minimum atomic E-state index is -0.903. The summed E-state index contributed by atoms with van der Waals surface area (Å²) in [7, 11) is 1.61. The van der Waals surface area contributed by atoms with Crippen LogP contribution in [0.3, 0.4) is 0 Å². The van der Waals surface area contributed by atoms with Crippen molar-refractivity contribution >= 4 is 17.8 Å². The van der Waals surface area contributed by atoms with E-state index in [2.05, 4.69) is 16.0 Å². The molecule has 1 aliphatic carbocycles. The molecule has 2 aromatic carbocycles. The van der Waals surface area contributed by atoms with E-state index in [4.69, 9.17) is 4.74 Å². The SMILES string of the molecule is COc1ccc(-c2ccccc2C(=O)NCC[C@@]2(C3CC3)NC(=O)NC2=O)cc1. The van der Waals surface area contributed by atoms with E-state index in [1.54, 1.807) is 13.2 Å². The molecule has 0 radical (unpaired) electrons. The standard InChI is InChI=1S/C22H23N3O4/c1-29-16-10-6-14(7-11-16)17-4-2-3-5-18(17)19(26)23-13-12-22(15-8-9-15)20(27)24-21(28)25-22/h2-7,10-11,15H,8-9,12-13H2,1H3,(H,23,26)(H2,24,25,27,28)/t22-/m0/s1. The zero-order valence-corrected chi connectivity index (χ0v) is 16.2. The van der Waals surface area contributed by atoms with Crippen LogP contribution in [0.1, 0.15) is 29.6 Å². The average Bonchev–Trinajstić information content (AvgIpc) is 3.54. The highest BCUT2D eigenvalue weighted by Gasteiger charge is 2.55. The second kappa shape index (κ2) is 7.58. The lowest BCUT2D eigenvalue weighted by atomic mass is 9.89. The maximum atomic E-state index is 12.8. The Morgan fingerprint density at radius 1 is 1.14 bits per heavy atom. The van der Waals surface area contributed by atoms with Crippen LogP contribution in [0, 0.1) is 5.92 Å². The lowest BCUT2D eigenvalue weighted by Gasteiger charge is -2.26. The monoisotopic (exact) mass is 393 g/mol. The molecular formula is C22H23N3O4. The van der Waals surface area contributed by atoms with Crippen molar-refractivity contribution in [3.8, 4) is 16.9 Å². The molecule has 0 bridgehead atoms. The number of hydrogen-bond donors (Lipinski definition) is 3. The fourth-order valence-electron chi connectivity index (χ4n) is 3.92. The van der Waals surface area contributed by atoms with E-state index in [1.807, 2.05) is 42.5 Å². The Labute approximate surface area is 168 Å². The van der Waals surface area contributed by atoms with Crippen molar-refractivity contribution in [2.45, 2.75) is 24.8 Å². The predicted molar refractivity (Wildman–Crippen MR) is 108 cm³/mol. The summed E-state index contributed by atoms with van der Waals surface area (Å²) in [6, 6.07) is 14.4. The largest absolute Gasteiger partial charge is 0.497 e. The molecule has 29 heavy (non-hydrogen) atoms. The number of imide groups is 1. The van der Waals surface area contributed by atoms with E-state index in [0.717, 1.165) is 29.7 Å². The zero-order chi connectivity index (χ0) is 20.4. The van der Waals surface area contributed by atoms with Crippen LogP contribution in [-0.2, 0) is 4.79 Å². The summed E-state index contributed by atoms with van der Waals surface area (Å²) in [6.07, 6.45) is 2.18. The quantitative estimate of drug-likeness (QED) is 0.630. The Hall–Kier alpha value is -3.35. The molecule has 0 unspecified atom stereocenters. The molecule has 7 heteroatoms. The molecule has 1 heterocycles. The number of hydrogen-bond acceptors (Lipinski definition) is 4. The van der Waals surface area contributed by atoms with E-state index in [1.165, 1.54) is 0 Å². The molecule has 1 saturated heterocycles. The molecule has 3 N–H and O–H groups in total. The Bertz CT molecular complexity index is 953. The van der Waals surface area contributed by atoms with Crippen LogP contribution in [0.4, 0.5) is 4.79 Å². The molecule has 2 aromatic rings. The smallest absolute Gasteiger partial charge is 0.322 e. The summed E-state index contributed by atoms with van der Waals surface area (Å²) >= 11 is 0. The number of ether oxygens (including phenoxy) is 1. The third-order valence-electron chi connectivity index (χ3n) is 5.62. The van der Waals surface area contributed by atoms with E-state index in [9.17, 15) is 14.4 Å². The number of carbonyl (C=O) groups is 3. The van der Waals surface area contributed by atoms with Crippen molar-refractivity contribution in [1.29, 1.82) is 0 Å². The van der Waals surface area contributed by atoms with Gasteiger partial charge >= 0.3 is 6.03 Å². The number of methoxy groups -OCH3 is 1. The van der Waals surface area contributed by atoms with Gasteiger partial charge in [0, 0.05) is 12.1 Å². The summed E-state index contributed by atoms with van der Waals surface area (Å²) in [4.78, 5) is 36.8. The Morgan fingerprint density at radius 2 is 1.86 bits per heavy atom. The first kappa shape index (κ1) is 19.0. The number of carbonyl (C=O) groups excluding carboxylic acids is 3. The highest BCUT2D eigenvalue weighted by Crippen LogP contribution is 2.43. The van der Waals surface area contributed by atoms with Crippen LogP contribution in [0.25, 0.3) is 11.1 Å². The van der Waals surface area contributed by atoms with Crippen molar-refractivity contribution < 1.29 is 19.1 Å². The van der Waals surface area contributed by atoms with Gasteiger partial charge in [0.2, 0.25) is 0 Å². The van der Waals surface area contributed by atoms with Gasteiger partial charge in [-0.2, -0.15) is 0 Å². The van der Waals surface area contributed by atoms with Crippen molar-refractivity contribution in [3.05, 3.63) is 54.1 Å². The summed E-state index contributed by atoms with van der Waals surface area (Å²) < 4.78 is 5.19. The molecule has 2 aliphatic rings. The van der Waals surface area contributed by atoms with Gasteiger partial charge in [-0.25, -0.2) is 4.79 Å². The third-order valence-corrected chi connectivity index (χ3v) is 5.62. The first-order valence-corrected chi connectivity index (χ1v) is 9.69. The van der Waals surface area contributed by atoms with Gasteiger partial charge in [-0.15, -0.1) is 0 Å². The van der Waals surface area contributed by atoms with E-state index >= 15 is 0 Å². The van der Waals surface area contributed by atoms with E-state index < -0.39 is 11.6 Å². The van der Waals surface area contributed by atoms with Crippen LogP contribution in [0.15, 0.2) is 48.5 Å². The minimum Gasteiger partial charge on any atom is -0.497 e. The fourth-order valence-corrected chi connectivity index (χ4v) is 3.92. The van der Waals surface area contributed by atoms with E-state index in [-0.39, 0.29) is 17.7 Å². The molecule has 4 amide bonds. The van der Waals surface area contributed by atoms with Gasteiger partial charge in [-0.1, -0.05) is 30.3 Å². The molecule has 2 fully saturated rings. The van der Waals surface area contributed by atoms with Gasteiger partial charge in [-0.05, 0) is 54.5 Å². The van der Waals surface area contributed by atoms with Crippen LogP contribution < -0.4 is 20.7 Å². The lowest BCUT2D eigenvalue weighted by molar-refractivity contribution is -0.124. The van der Waals surface area contributed by atoms with Gasteiger partial charge in [-0.3, -0.25) is 14.9 Å². The number of rotatable bonds is 7. The summed E-state index contributed by atoms with van der Waals surface area (Å²) in [5.41, 5.74) is 1.38. The van der Waals surface area contributed by atoms with Crippen LogP contribution in [-0.4, -0.2) is 37.0 Å². The van der Waals surface area contributed by atoms with Gasteiger partial charge in [0.1, 0.15) is 11.3 Å². The van der Waals surface area contributed by atoms with Gasteiger partial charge < -0.3 is 15.4 Å². The van der Waals surface area contributed by atoms with Crippen molar-refractivity contribution in [1.82, 2.24) is 16.0 Å². The van der Waals surface area contributed by atoms with Gasteiger partial charge in [0.25, 0.3) is 11.8 Å². The van der Waals surface area contributed by atoms with Crippen molar-refractivity contribution in [2.75, 3.05) is 13.7 Å². The average molecular weight is 393 g/mol. The molecule has 150 valence electrons. The highest BCUT2D eigenvalue weighted by molar-refractivity contribution is 6.07. The maximum Gasteiger partial charge on any atom is 0.322 e. The molecule has 0 aromatic heterocycles. The second-order valence-electron chi connectivity index (χ2n) is 7.43. The predicted octanol–water partition coefficient (Wildman–Crippen LogP) is 2.47. The highest BCUT2D eigenvalue weighted by atomic mass is 16.5. The van der Waals surface area contributed by atoms with Crippen LogP contribution in [0.5, 0.6) is 5.75 Å². The maximum absolute atomic E-state index is 12.8. The lowest BCUT2D eigenvalue weighted by Crippen LogP contribution is -2.51. The Balaban J connectivity index is 1.46. The van der Waals surface area contributed by atoms with Crippen LogP contribution in [0.2, 0.25) is 0 Å². The molecule has 1 saturated carbocycles. The number of amides is 4. The van der Waals surface area contributed by atoms with E-state index in [0.29, 0.717) is 18.5 Å². The molecule has 0 spiro atoms. The Kier molecular flexibility index (Phi) is 4.96. The topological polar surface area (TPSA) is 96.5 Å². The molecule has 4 rings (SSSR count). The molecule has 1 aliphatic heterocycles. The summed E-state index contributed by atoms with van der Waals surface area (Å²) in [6.45, 7) is 0.292. The summed E-state index contributed by atoms with van der Waals surface area (Å²) in [5.74, 6) is 0.375.